The normalized spacial score (nSPS) is 12.2. The molecular formula is C12H17FN2O4S. The quantitative estimate of drug-likeness (QED) is 0.833. The monoisotopic (exact) mass is 304 g/mol. The van der Waals surface area contributed by atoms with Crippen LogP contribution in [-0.4, -0.2) is 33.6 Å². The summed E-state index contributed by atoms with van der Waals surface area (Å²) in [6, 6.07) is 2.79. The fourth-order valence-corrected chi connectivity index (χ4v) is 1.86. The van der Waals surface area contributed by atoms with Crippen LogP contribution in [0.3, 0.4) is 0 Å². The fraction of sp³-hybridized carbons (Fsp3) is 0.417. The minimum absolute atomic E-state index is 0.140. The number of benzene rings is 1. The lowest BCUT2D eigenvalue weighted by Gasteiger charge is -2.23. The van der Waals surface area contributed by atoms with Crippen LogP contribution in [0.15, 0.2) is 23.1 Å². The van der Waals surface area contributed by atoms with Crippen LogP contribution >= 0.6 is 0 Å². The van der Waals surface area contributed by atoms with Gasteiger partial charge in [-0.3, -0.25) is 4.79 Å². The van der Waals surface area contributed by atoms with E-state index in [0.717, 1.165) is 18.2 Å². The maximum absolute atomic E-state index is 13.6. The average molecular weight is 304 g/mol. The molecule has 1 aromatic carbocycles. The number of hydrogen-bond acceptors (Lipinski definition) is 4. The second-order valence-corrected chi connectivity index (χ2v) is 6.39. The predicted molar refractivity (Wildman–Crippen MR) is 71.2 cm³/mol. The molecule has 0 heterocycles. The molecule has 0 unspecified atom stereocenters. The highest BCUT2D eigenvalue weighted by Gasteiger charge is 2.21. The van der Waals surface area contributed by atoms with Gasteiger partial charge in [0.1, 0.15) is 5.82 Å². The van der Waals surface area contributed by atoms with E-state index in [2.05, 4.69) is 5.32 Å². The summed E-state index contributed by atoms with van der Waals surface area (Å²) in [6.45, 7) is 3.62. The number of amides is 1. The molecule has 0 fully saturated rings. The Balaban J connectivity index is 2.99. The third-order valence-corrected chi connectivity index (χ3v) is 3.65. The van der Waals surface area contributed by atoms with Crippen molar-refractivity contribution in [3.63, 3.8) is 0 Å². The molecule has 0 aliphatic heterocycles. The Labute approximate surface area is 117 Å². The second-order valence-electron chi connectivity index (χ2n) is 4.83. The number of methoxy groups -OCH3 is 1. The standard InChI is InChI=1S/C12H17FN2O4S/c1-12(2,19-3)7-15-11(16)9-6-8(20(14,17)18)4-5-10(9)13/h4-6H,7H2,1-3H3,(H,15,16)(H2,14,17,18). The molecule has 1 aromatic rings. The fourth-order valence-electron chi connectivity index (χ4n) is 1.32. The van der Waals surface area contributed by atoms with Crippen LogP contribution in [0.5, 0.6) is 0 Å². The Morgan fingerprint density at radius 1 is 1.45 bits per heavy atom. The van der Waals surface area contributed by atoms with Crippen molar-refractivity contribution in [3.05, 3.63) is 29.6 Å². The van der Waals surface area contributed by atoms with E-state index in [1.54, 1.807) is 13.8 Å². The summed E-state index contributed by atoms with van der Waals surface area (Å²) >= 11 is 0. The molecular weight excluding hydrogens is 287 g/mol. The van der Waals surface area contributed by atoms with Crippen LogP contribution in [0, 0.1) is 5.82 Å². The number of nitrogens with two attached hydrogens (primary N) is 1. The number of ether oxygens (including phenoxy) is 1. The SMILES string of the molecule is COC(C)(C)CNC(=O)c1cc(S(N)(=O)=O)ccc1F. The van der Waals surface area contributed by atoms with E-state index in [9.17, 15) is 17.6 Å². The number of sulfonamides is 1. The summed E-state index contributed by atoms with van der Waals surface area (Å²) < 4.78 is 41.1. The van der Waals surface area contributed by atoms with Crippen LogP contribution < -0.4 is 10.5 Å². The van der Waals surface area contributed by atoms with Gasteiger partial charge in [0.25, 0.3) is 5.91 Å². The van der Waals surface area contributed by atoms with Crippen molar-refractivity contribution in [2.24, 2.45) is 5.14 Å². The highest BCUT2D eigenvalue weighted by atomic mass is 32.2. The first-order valence-corrected chi connectivity index (χ1v) is 7.27. The van der Waals surface area contributed by atoms with Gasteiger partial charge < -0.3 is 10.1 Å². The van der Waals surface area contributed by atoms with Crippen molar-refractivity contribution in [1.82, 2.24) is 5.32 Å². The number of primary sulfonamides is 1. The highest BCUT2D eigenvalue weighted by Crippen LogP contribution is 2.14. The third-order valence-electron chi connectivity index (χ3n) is 2.74. The number of carbonyl (C=O) groups excluding carboxylic acids is 1. The summed E-state index contributed by atoms with van der Waals surface area (Å²) in [6.07, 6.45) is 0. The lowest BCUT2D eigenvalue weighted by atomic mass is 10.1. The zero-order valence-corrected chi connectivity index (χ0v) is 12.3. The summed E-state index contributed by atoms with van der Waals surface area (Å²) in [5.74, 6) is -1.57. The highest BCUT2D eigenvalue weighted by molar-refractivity contribution is 7.89. The van der Waals surface area contributed by atoms with Crippen molar-refractivity contribution in [3.8, 4) is 0 Å². The maximum atomic E-state index is 13.6. The average Bonchev–Trinajstić information content (AvgIpc) is 2.35. The molecule has 0 saturated heterocycles. The van der Waals surface area contributed by atoms with E-state index in [-0.39, 0.29) is 17.0 Å². The van der Waals surface area contributed by atoms with Crippen molar-refractivity contribution in [2.75, 3.05) is 13.7 Å². The second kappa shape index (κ2) is 5.86. The molecule has 0 radical (unpaired) electrons. The van der Waals surface area contributed by atoms with Gasteiger partial charge in [0.15, 0.2) is 0 Å². The zero-order chi connectivity index (χ0) is 15.6. The van der Waals surface area contributed by atoms with E-state index in [1.165, 1.54) is 7.11 Å². The molecule has 20 heavy (non-hydrogen) atoms. The van der Waals surface area contributed by atoms with Gasteiger partial charge in [0.05, 0.1) is 16.1 Å². The van der Waals surface area contributed by atoms with Gasteiger partial charge in [-0.05, 0) is 32.0 Å². The molecule has 112 valence electrons. The van der Waals surface area contributed by atoms with Gasteiger partial charge in [-0.15, -0.1) is 0 Å². The molecule has 0 bridgehead atoms. The lowest BCUT2D eigenvalue weighted by molar-refractivity contribution is 0.0228. The summed E-state index contributed by atoms with van der Waals surface area (Å²) in [5, 5.41) is 7.41. The van der Waals surface area contributed by atoms with E-state index in [4.69, 9.17) is 9.88 Å². The van der Waals surface area contributed by atoms with E-state index in [1.807, 2.05) is 0 Å². The van der Waals surface area contributed by atoms with Gasteiger partial charge in [0.2, 0.25) is 10.0 Å². The molecule has 0 atom stereocenters. The van der Waals surface area contributed by atoms with E-state index in [0.29, 0.717) is 0 Å². The van der Waals surface area contributed by atoms with Crippen molar-refractivity contribution >= 4 is 15.9 Å². The molecule has 0 aliphatic carbocycles. The Morgan fingerprint density at radius 3 is 2.55 bits per heavy atom. The smallest absolute Gasteiger partial charge is 0.254 e. The van der Waals surface area contributed by atoms with Gasteiger partial charge in [-0.1, -0.05) is 0 Å². The topological polar surface area (TPSA) is 98.5 Å². The number of halogens is 1. The molecule has 1 amide bonds. The minimum Gasteiger partial charge on any atom is -0.377 e. The molecule has 0 spiro atoms. The first kappa shape index (κ1) is 16.5. The van der Waals surface area contributed by atoms with Crippen LogP contribution in [-0.2, 0) is 14.8 Å². The molecule has 8 heteroatoms. The van der Waals surface area contributed by atoms with Crippen molar-refractivity contribution in [2.45, 2.75) is 24.3 Å². The number of nitrogens with one attached hydrogen (secondary N) is 1. The van der Waals surface area contributed by atoms with E-state index >= 15 is 0 Å². The largest absolute Gasteiger partial charge is 0.377 e. The minimum atomic E-state index is -3.99. The van der Waals surface area contributed by atoms with Gasteiger partial charge in [-0.2, -0.15) is 0 Å². The Bertz CT molecular complexity index is 614. The van der Waals surface area contributed by atoms with Crippen LogP contribution in [0.25, 0.3) is 0 Å². The third kappa shape index (κ3) is 4.26. The molecule has 6 nitrogen and oxygen atoms in total. The Kier molecular flexibility index (Phi) is 4.85. The molecule has 0 aromatic heterocycles. The van der Waals surface area contributed by atoms with E-state index < -0.39 is 27.3 Å². The molecule has 3 N–H and O–H groups in total. The first-order chi connectivity index (χ1) is 9.07. The van der Waals surface area contributed by atoms with Gasteiger partial charge in [0, 0.05) is 13.7 Å². The van der Waals surface area contributed by atoms with Crippen LogP contribution in [0.2, 0.25) is 0 Å². The summed E-state index contributed by atoms with van der Waals surface area (Å²) in [7, 11) is -2.51. The van der Waals surface area contributed by atoms with Gasteiger partial charge >= 0.3 is 0 Å². The predicted octanol–water partition coefficient (Wildman–Crippen LogP) is 0.628. The van der Waals surface area contributed by atoms with Crippen LogP contribution in [0.4, 0.5) is 4.39 Å². The van der Waals surface area contributed by atoms with Crippen LogP contribution in [0.1, 0.15) is 24.2 Å². The van der Waals surface area contributed by atoms with Gasteiger partial charge in [-0.25, -0.2) is 17.9 Å². The first-order valence-electron chi connectivity index (χ1n) is 5.72. The zero-order valence-electron chi connectivity index (χ0n) is 11.4. The lowest BCUT2D eigenvalue weighted by Crippen LogP contribution is -2.40. The van der Waals surface area contributed by atoms with Crippen molar-refractivity contribution in [1.29, 1.82) is 0 Å². The number of carbonyl (C=O) groups is 1. The summed E-state index contributed by atoms with van der Waals surface area (Å²) in [5.41, 5.74) is -1.01. The molecule has 1 rings (SSSR count). The number of hydrogen-bond donors (Lipinski definition) is 2. The Hall–Kier alpha value is -1.51. The Morgan fingerprint density at radius 2 is 2.05 bits per heavy atom. The molecule has 0 aliphatic rings. The molecule has 0 saturated carbocycles. The summed E-state index contributed by atoms with van der Waals surface area (Å²) in [4.78, 5) is 11.5. The van der Waals surface area contributed by atoms with Crippen molar-refractivity contribution < 1.29 is 22.3 Å². The number of rotatable bonds is 5. The maximum Gasteiger partial charge on any atom is 0.254 e.